The number of tetrazole rings is 1. The molecule has 0 aliphatic carbocycles. The summed E-state index contributed by atoms with van der Waals surface area (Å²) in [5.74, 6) is -0.304. The van der Waals surface area contributed by atoms with E-state index in [4.69, 9.17) is 11.2 Å². The molecule has 0 aliphatic rings. The van der Waals surface area contributed by atoms with Crippen LogP contribution in [0.3, 0.4) is 0 Å². The predicted octanol–water partition coefficient (Wildman–Crippen LogP) is 3.22. The molecule has 2 aromatic heterocycles. The van der Waals surface area contributed by atoms with E-state index >= 15 is 4.39 Å². The highest BCUT2D eigenvalue weighted by Crippen LogP contribution is 2.24. The van der Waals surface area contributed by atoms with E-state index in [-0.39, 0.29) is 37.6 Å². The first-order valence-corrected chi connectivity index (χ1v) is 15.7. The Balaban J connectivity index is 1.54. The van der Waals surface area contributed by atoms with Crippen LogP contribution < -0.4 is 15.8 Å². The molecule has 4 aromatic rings. The first-order valence-electron chi connectivity index (χ1n) is 14.7. The molecule has 2 heterocycles. The topological polar surface area (TPSA) is 185 Å². The summed E-state index contributed by atoms with van der Waals surface area (Å²) in [5.41, 5.74) is 0.874. The number of terminal acetylenes is 1. The van der Waals surface area contributed by atoms with Crippen LogP contribution in [-0.4, -0.2) is 71.5 Å². The third kappa shape index (κ3) is 8.53. The number of aromatic amines is 1. The Morgan fingerprint density at radius 2 is 1.98 bits per heavy atom. The van der Waals surface area contributed by atoms with E-state index in [1.165, 1.54) is 16.7 Å². The second kappa shape index (κ2) is 15.1. The molecule has 1 amide bonds. The lowest BCUT2D eigenvalue weighted by atomic mass is 9.98. The summed E-state index contributed by atoms with van der Waals surface area (Å²) in [4.78, 5) is 56.7. The fourth-order valence-electron chi connectivity index (χ4n) is 4.60. The minimum Gasteiger partial charge on any atom is -0.480 e. The van der Waals surface area contributed by atoms with Crippen LogP contribution in [0.4, 0.5) is 10.1 Å². The third-order valence-electron chi connectivity index (χ3n) is 7.31. The van der Waals surface area contributed by atoms with Crippen LogP contribution in [0.25, 0.3) is 10.9 Å². The van der Waals surface area contributed by atoms with Gasteiger partial charge in [-0.2, -0.15) is 5.21 Å². The van der Waals surface area contributed by atoms with E-state index in [0.29, 0.717) is 33.1 Å². The molecule has 0 bridgehead atoms. The number of nitrogens with one attached hydrogen (secondary N) is 2. The monoisotopic (exact) mass is 678 g/mol. The number of aryl methyl sites for hydroxylation is 2. The molecular formula is C32H35FN8O6S. The van der Waals surface area contributed by atoms with Gasteiger partial charge in [0.2, 0.25) is 5.16 Å². The smallest absolute Gasteiger partial charge is 0.326 e. The molecule has 48 heavy (non-hydrogen) atoms. The van der Waals surface area contributed by atoms with Gasteiger partial charge in [-0.1, -0.05) is 17.7 Å². The molecule has 0 aliphatic heterocycles. The molecule has 0 unspecified atom stereocenters. The van der Waals surface area contributed by atoms with Crippen molar-refractivity contribution >= 4 is 46.2 Å². The van der Waals surface area contributed by atoms with E-state index in [1.807, 2.05) is 6.92 Å². The number of rotatable bonds is 13. The van der Waals surface area contributed by atoms with Gasteiger partial charge in [0, 0.05) is 18.0 Å². The second-order valence-electron chi connectivity index (χ2n) is 11.9. The van der Waals surface area contributed by atoms with Gasteiger partial charge in [0.1, 0.15) is 17.7 Å². The average Bonchev–Trinajstić information content (AvgIpc) is 3.53. The quantitative estimate of drug-likeness (QED) is 0.107. The fourth-order valence-corrected chi connectivity index (χ4v) is 5.34. The van der Waals surface area contributed by atoms with Gasteiger partial charge in [-0.05, 0) is 87.7 Å². The highest BCUT2D eigenvalue weighted by Gasteiger charge is 2.25. The average molecular weight is 679 g/mol. The minimum absolute atomic E-state index is 0.0310. The number of carboxylic acid groups (broad SMARTS) is 1. The molecule has 0 saturated carbocycles. The minimum atomic E-state index is -1.28. The van der Waals surface area contributed by atoms with E-state index in [9.17, 15) is 24.3 Å². The Bertz CT molecular complexity index is 1930. The predicted molar refractivity (Wildman–Crippen MR) is 176 cm³/mol. The SMILES string of the molecule is C#CCN(Cc1cc2c(=O)n(COC(=O)C(C)(C)C)c(C)nc2cc1C)c1ccc(C(=O)N[C@@H](CCSc2nn[nH]n2)C(=O)O)c(F)c1. The molecule has 252 valence electrons. The highest BCUT2D eigenvalue weighted by atomic mass is 32.2. The van der Waals surface area contributed by atoms with Crippen molar-refractivity contribution in [2.24, 2.45) is 5.41 Å². The zero-order valence-corrected chi connectivity index (χ0v) is 27.9. The summed E-state index contributed by atoms with van der Waals surface area (Å²) >= 11 is 1.15. The zero-order chi connectivity index (χ0) is 35.2. The Morgan fingerprint density at radius 1 is 1.23 bits per heavy atom. The number of halogens is 1. The van der Waals surface area contributed by atoms with Crippen molar-refractivity contribution in [2.75, 3.05) is 17.2 Å². The Hall–Kier alpha value is -5.30. The van der Waals surface area contributed by atoms with Crippen molar-refractivity contribution in [2.45, 2.75) is 65.5 Å². The van der Waals surface area contributed by atoms with Crippen LogP contribution in [0.5, 0.6) is 0 Å². The van der Waals surface area contributed by atoms with Gasteiger partial charge in [-0.15, -0.1) is 16.6 Å². The number of anilines is 1. The van der Waals surface area contributed by atoms with Crippen LogP contribution in [0.15, 0.2) is 40.3 Å². The van der Waals surface area contributed by atoms with Crippen molar-refractivity contribution in [1.29, 1.82) is 0 Å². The molecule has 0 spiro atoms. The number of benzene rings is 2. The summed E-state index contributed by atoms with van der Waals surface area (Å²) in [7, 11) is 0. The van der Waals surface area contributed by atoms with Crippen molar-refractivity contribution in [3.8, 4) is 12.3 Å². The summed E-state index contributed by atoms with van der Waals surface area (Å²) in [6.07, 6.45) is 5.67. The molecule has 1 atom stereocenters. The van der Waals surface area contributed by atoms with Gasteiger partial charge in [0.25, 0.3) is 11.5 Å². The number of nitrogens with zero attached hydrogens (tertiary/aromatic N) is 6. The fraction of sp³-hybridized carbons (Fsp3) is 0.375. The number of amides is 1. The van der Waals surface area contributed by atoms with Crippen molar-refractivity contribution < 1.29 is 28.6 Å². The lowest BCUT2D eigenvalue weighted by molar-refractivity contribution is -0.157. The van der Waals surface area contributed by atoms with Gasteiger partial charge in [-0.25, -0.2) is 14.2 Å². The molecule has 0 radical (unpaired) electrons. The third-order valence-corrected chi connectivity index (χ3v) is 8.18. The van der Waals surface area contributed by atoms with E-state index in [0.717, 1.165) is 23.4 Å². The molecular weight excluding hydrogens is 643 g/mol. The number of carbonyl (C=O) groups excluding carboxylic acids is 2. The number of esters is 1. The Labute approximate surface area is 279 Å². The van der Waals surface area contributed by atoms with Crippen molar-refractivity contribution in [1.82, 2.24) is 35.5 Å². The summed E-state index contributed by atoms with van der Waals surface area (Å²) in [6.45, 7) is 8.61. The Morgan fingerprint density at radius 3 is 2.60 bits per heavy atom. The molecule has 4 rings (SSSR count). The maximum Gasteiger partial charge on any atom is 0.326 e. The number of aromatic nitrogens is 6. The van der Waals surface area contributed by atoms with Gasteiger partial charge in [0.05, 0.1) is 28.4 Å². The summed E-state index contributed by atoms with van der Waals surface area (Å²) < 4.78 is 22.0. The maximum absolute atomic E-state index is 15.3. The van der Waals surface area contributed by atoms with Crippen LogP contribution in [0, 0.1) is 37.4 Å². The number of aliphatic carboxylic acids is 1. The lowest BCUT2D eigenvalue weighted by Crippen LogP contribution is -2.41. The van der Waals surface area contributed by atoms with Gasteiger partial charge < -0.3 is 20.1 Å². The van der Waals surface area contributed by atoms with E-state index < -0.39 is 40.7 Å². The molecule has 16 heteroatoms. The maximum atomic E-state index is 15.3. The number of carboxylic acids is 1. The normalized spacial score (nSPS) is 11.9. The number of H-pyrrole nitrogens is 1. The van der Waals surface area contributed by atoms with Crippen LogP contribution in [-0.2, 0) is 27.6 Å². The molecule has 3 N–H and O–H groups in total. The van der Waals surface area contributed by atoms with Gasteiger partial charge in [-0.3, -0.25) is 19.0 Å². The van der Waals surface area contributed by atoms with Crippen LogP contribution >= 0.6 is 11.8 Å². The van der Waals surface area contributed by atoms with E-state index in [2.05, 4.69) is 36.8 Å². The molecule has 14 nitrogen and oxygen atoms in total. The Kier molecular flexibility index (Phi) is 11.2. The lowest BCUT2D eigenvalue weighted by Gasteiger charge is -2.24. The molecule has 2 aromatic carbocycles. The van der Waals surface area contributed by atoms with Gasteiger partial charge in [0.15, 0.2) is 6.73 Å². The summed E-state index contributed by atoms with van der Waals surface area (Å²) in [6, 6.07) is 6.09. The number of thioether (sulfide) groups is 1. The largest absolute Gasteiger partial charge is 0.480 e. The number of hydrogen-bond acceptors (Lipinski definition) is 11. The van der Waals surface area contributed by atoms with Crippen molar-refractivity contribution in [3.63, 3.8) is 0 Å². The standard InChI is InChI=1S/C32H35FN8O6S/c1-7-11-40(16-20-14-23-26(13-18(20)2)34-19(3)41(28(23)43)17-47-30(46)32(4,5)6)21-8-9-22(24(33)15-21)27(42)35-25(29(44)45)10-12-48-31-36-38-39-37-31/h1,8-9,13-15,25H,10-12,16-17H2,2-6H3,(H,35,42)(H,44,45)(H,36,37,38,39)/t25-/m0/s1. The molecule has 0 fully saturated rings. The first-order chi connectivity index (χ1) is 22.7. The van der Waals surface area contributed by atoms with Gasteiger partial charge >= 0.3 is 11.9 Å². The second-order valence-corrected chi connectivity index (χ2v) is 13.0. The molecule has 0 saturated heterocycles. The highest BCUT2D eigenvalue weighted by molar-refractivity contribution is 7.99. The zero-order valence-electron chi connectivity index (χ0n) is 27.0. The number of hydrogen-bond donors (Lipinski definition) is 3. The van der Waals surface area contributed by atoms with E-state index in [1.54, 1.807) is 44.7 Å². The summed E-state index contributed by atoms with van der Waals surface area (Å²) in [5, 5.41) is 25.8. The number of fused-ring (bicyclic) bond motifs is 1. The number of ether oxygens (including phenoxy) is 1. The number of carbonyl (C=O) groups is 3. The first kappa shape index (κ1) is 35.6. The van der Waals surface area contributed by atoms with Crippen LogP contribution in [0.2, 0.25) is 0 Å². The van der Waals surface area contributed by atoms with Crippen LogP contribution in [0.1, 0.15) is 54.5 Å². The van der Waals surface area contributed by atoms with Crippen molar-refractivity contribution in [3.05, 3.63) is 69.0 Å².